The van der Waals surface area contributed by atoms with E-state index in [4.69, 9.17) is 23.2 Å². The molecule has 0 saturated heterocycles. The van der Waals surface area contributed by atoms with Crippen LogP contribution in [0.2, 0.25) is 10.0 Å². The first kappa shape index (κ1) is 15.3. The highest BCUT2D eigenvalue weighted by Crippen LogP contribution is 2.42. The number of fused-ring (bicyclic) bond motifs is 3. The third kappa shape index (κ3) is 2.63. The Balaban J connectivity index is 1.70. The Labute approximate surface area is 149 Å². The summed E-state index contributed by atoms with van der Waals surface area (Å²) >= 11 is 13.8. The maximum absolute atomic E-state index is 12.6. The summed E-state index contributed by atoms with van der Waals surface area (Å²) in [5.41, 5.74) is 2.98. The fourth-order valence-electron chi connectivity index (χ4n) is 3.32. The summed E-state index contributed by atoms with van der Waals surface area (Å²) in [6, 6.07) is 5.43. The molecule has 0 fully saturated rings. The van der Waals surface area contributed by atoms with E-state index in [0.717, 1.165) is 35.4 Å². The van der Waals surface area contributed by atoms with Gasteiger partial charge in [0.25, 0.3) is 5.91 Å². The molecule has 0 unspecified atom stereocenters. The fraction of sp³-hybridized carbons (Fsp3) is 0.353. The normalized spacial score (nSPS) is 22.8. The molecule has 2 heterocycles. The van der Waals surface area contributed by atoms with Crippen molar-refractivity contribution in [3.8, 4) is 0 Å². The molecule has 2 aromatic rings. The van der Waals surface area contributed by atoms with Crippen molar-refractivity contribution >= 4 is 45.4 Å². The van der Waals surface area contributed by atoms with Crippen molar-refractivity contribution in [3.63, 3.8) is 0 Å². The highest BCUT2D eigenvalue weighted by atomic mass is 35.5. The summed E-state index contributed by atoms with van der Waals surface area (Å²) in [7, 11) is 0. The zero-order valence-corrected chi connectivity index (χ0v) is 14.9. The number of thiophene rings is 1. The molecule has 2 atom stereocenters. The van der Waals surface area contributed by atoms with Gasteiger partial charge < -0.3 is 10.6 Å². The highest BCUT2D eigenvalue weighted by molar-refractivity contribution is 7.16. The Morgan fingerprint density at radius 2 is 2.04 bits per heavy atom. The Morgan fingerprint density at radius 3 is 2.83 bits per heavy atom. The molecule has 120 valence electrons. The highest BCUT2D eigenvalue weighted by Gasteiger charge is 2.33. The van der Waals surface area contributed by atoms with Crippen LogP contribution in [0, 0.1) is 5.92 Å². The number of amides is 1. The zero-order valence-electron chi connectivity index (χ0n) is 12.6. The number of carbonyl (C=O) groups excluding carboxylic acids is 1. The number of halogens is 2. The van der Waals surface area contributed by atoms with Crippen molar-refractivity contribution < 1.29 is 4.79 Å². The number of carbonyl (C=O) groups is 1. The monoisotopic (exact) mass is 366 g/mol. The minimum absolute atomic E-state index is 0.00174. The molecule has 2 aliphatic rings. The van der Waals surface area contributed by atoms with E-state index in [-0.39, 0.29) is 12.1 Å². The van der Waals surface area contributed by atoms with E-state index in [9.17, 15) is 4.79 Å². The van der Waals surface area contributed by atoms with Crippen molar-refractivity contribution in [3.05, 3.63) is 49.8 Å². The van der Waals surface area contributed by atoms with Gasteiger partial charge in [0.05, 0.1) is 15.6 Å². The van der Waals surface area contributed by atoms with Gasteiger partial charge in [-0.3, -0.25) is 4.79 Å². The van der Waals surface area contributed by atoms with Gasteiger partial charge >= 0.3 is 0 Å². The summed E-state index contributed by atoms with van der Waals surface area (Å²) in [5.74, 6) is 0.693. The first-order valence-electron chi connectivity index (χ1n) is 7.70. The third-order valence-corrected chi connectivity index (χ3v) is 6.49. The molecule has 0 radical (unpaired) electrons. The third-order valence-electron chi connectivity index (χ3n) is 4.57. The van der Waals surface area contributed by atoms with E-state index in [1.807, 2.05) is 6.07 Å². The molecule has 2 N–H and O–H groups in total. The maximum Gasteiger partial charge on any atom is 0.256 e. The van der Waals surface area contributed by atoms with Gasteiger partial charge in [-0.05, 0) is 48.4 Å². The lowest BCUT2D eigenvalue weighted by Crippen LogP contribution is -2.38. The molecule has 1 aromatic carbocycles. The molecule has 1 aromatic heterocycles. The lowest BCUT2D eigenvalue weighted by atomic mass is 9.88. The largest absolute Gasteiger partial charge is 0.353 e. The summed E-state index contributed by atoms with van der Waals surface area (Å²) in [4.78, 5) is 14.0. The van der Waals surface area contributed by atoms with Gasteiger partial charge in [0.2, 0.25) is 0 Å². The van der Waals surface area contributed by atoms with Crippen LogP contribution in [0.5, 0.6) is 0 Å². The summed E-state index contributed by atoms with van der Waals surface area (Å²) in [6.45, 7) is 2.27. The molecule has 1 amide bonds. The number of benzene rings is 1. The second-order valence-electron chi connectivity index (χ2n) is 6.28. The van der Waals surface area contributed by atoms with Crippen molar-refractivity contribution in [2.45, 2.75) is 32.4 Å². The molecule has 1 aliphatic heterocycles. The molecule has 23 heavy (non-hydrogen) atoms. The minimum Gasteiger partial charge on any atom is -0.353 e. The Morgan fingerprint density at radius 1 is 1.22 bits per heavy atom. The van der Waals surface area contributed by atoms with Gasteiger partial charge in [0.1, 0.15) is 11.2 Å². The van der Waals surface area contributed by atoms with Crippen LogP contribution >= 0.6 is 34.5 Å². The van der Waals surface area contributed by atoms with Crippen LogP contribution in [0.1, 0.15) is 45.9 Å². The van der Waals surface area contributed by atoms with Crippen LogP contribution < -0.4 is 10.6 Å². The van der Waals surface area contributed by atoms with Gasteiger partial charge in [-0.25, -0.2) is 0 Å². The van der Waals surface area contributed by atoms with Crippen LogP contribution in [0.3, 0.4) is 0 Å². The molecular weight excluding hydrogens is 351 g/mol. The standard InChI is InChI=1S/C17H16Cl2N2OS/c1-8-2-4-10-13(6-8)23-17-14(10)16(22)20-15(21-17)9-3-5-11(18)12(19)7-9/h3,5,7-8,15,21H,2,4,6H2,1H3,(H,20,22)/t8-,15+/m0/s1. The smallest absolute Gasteiger partial charge is 0.256 e. The lowest BCUT2D eigenvalue weighted by molar-refractivity contribution is 0.0935. The van der Waals surface area contributed by atoms with E-state index in [1.165, 1.54) is 10.4 Å². The number of hydrogen-bond donors (Lipinski definition) is 2. The summed E-state index contributed by atoms with van der Waals surface area (Å²) < 4.78 is 0. The number of rotatable bonds is 1. The summed E-state index contributed by atoms with van der Waals surface area (Å²) in [5, 5.41) is 8.46. The average molecular weight is 367 g/mol. The predicted molar refractivity (Wildman–Crippen MR) is 95.8 cm³/mol. The van der Waals surface area contributed by atoms with E-state index in [1.54, 1.807) is 23.5 Å². The van der Waals surface area contributed by atoms with Gasteiger partial charge in [-0.15, -0.1) is 11.3 Å². The number of anilines is 1. The minimum atomic E-state index is -0.276. The first-order valence-corrected chi connectivity index (χ1v) is 9.27. The van der Waals surface area contributed by atoms with Crippen LogP contribution in [0.25, 0.3) is 0 Å². The van der Waals surface area contributed by atoms with E-state index in [0.29, 0.717) is 16.0 Å². The first-order chi connectivity index (χ1) is 11.0. The van der Waals surface area contributed by atoms with Gasteiger partial charge in [0, 0.05) is 4.88 Å². The zero-order chi connectivity index (χ0) is 16.1. The average Bonchev–Trinajstić information content (AvgIpc) is 2.87. The van der Waals surface area contributed by atoms with Gasteiger partial charge in [-0.1, -0.05) is 36.2 Å². The number of nitrogens with one attached hydrogen (secondary N) is 2. The number of hydrogen-bond acceptors (Lipinski definition) is 3. The molecule has 0 saturated carbocycles. The molecule has 6 heteroatoms. The SMILES string of the molecule is C[C@H]1CCc2c(sc3c2C(=O)N[C@@H](c2ccc(Cl)c(Cl)c2)N3)C1. The molecule has 0 spiro atoms. The van der Waals surface area contributed by atoms with E-state index < -0.39 is 0 Å². The Kier molecular flexibility index (Phi) is 3.79. The topological polar surface area (TPSA) is 41.1 Å². The second kappa shape index (κ2) is 5.69. The Bertz CT molecular complexity index is 802. The van der Waals surface area contributed by atoms with Crippen LogP contribution in [-0.2, 0) is 12.8 Å². The van der Waals surface area contributed by atoms with Crippen LogP contribution in [-0.4, -0.2) is 5.91 Å². The quantitative estimate of drug-likeness (QED) is 0.742. The summed E-state index contributed by atoms with van der Waals surface area (Å²) in [6.07, 6.45) is 2.94. The van der Waals surface area contributed by atoms with Crippen molar-refractivity contribution in [2.75, 3.05) is 5.32 Å². The molecule has 3 nitrogen and oxygen atoms in total. The molecule has 4 rings (SSSR count). The Hall–Kier alpha value is -1.23. The molecule has 1 aliphatic carbocycles. The van der Waals surface area contributed by atoms with Crippen molar-refractivity contribution in [2.24, 2.45) is 5.92 Å². The molecular formula is C17H16Cl2N2OS. The lowest BCUT2D eigenvalue weighted by Gasteiger charge is -2.27. The van der Waals surface area contributed by atoms with Gasteiger partial charge in [0.15, 0.2) is 0 Å². The van der Waals surface area contributed by atoms with E-state index in [2.05, 4.69) is 17.6 Å². The predicted octanol–water partition coefficient (Wildman–Crippen LogP) is 5.03. The maximum atomic E-state index is 12.6. The van der Waals surface area contributed by atoms with Crippen molar-refractivity contribution in [1.29, 1.82) is 0 Å². The fourth-order valence-corrected chi connectivity index (χ4v) is 5.06. The van der Waals surface area contributed by atoms with Crippen LogP contribution in [0.15, 0.2) is 18.2 Å². The van der Waals surface area contributed by atoms with E-state index >= 15 is 0 Å². The molecule has 0 bridgehead atoms. The second-order valence-corrected chi connectivity index (χ2v) is 8.20. The van der Waals surface area contributed by atoms with Crippen LogP contribution in [0.4, 0.5) is 5.00 Å². The van der Waals surface area contributed by atoms with Crippen molar-refractivity contribution in [1.82, 2.24) is 5.32 Å². The van der Waals surface area contributed by atoms with Gasteiger partial charge in [-0.2, -0.15) is 0 Å².